The summed E-state index contributed by atoms with van der Waals surface area (Å²) in [6.07, 6.45) is 0. The van der Waals surface area contributed by atoms with Gasteiger partial charge in [-0.25, -0.2) is 4.79 Å². The quantitative estimate of drug-likeness (QED) is 0.315. The van der Waals surface area contributed by atoms with Gasteiger partial charge < -0.3 is 4.29 Å². The molecule has 0 heterocycles. The molecule has 0 N–H and O–H groups in total. The molecule has 0 atom stereocenters. The van der Waals surface area contributed by atoms with E-state index in [0.717, 1.165) is 5.54 Å². The van der Waals surface area contributed by atoms with Crippen molar-refractivity contribution in [1.82, 2.24) is 0 Å². The Balaban J connectivity index is 3.65. The highest BCUT2D eigenvalue weighted by Gasteiger charge is 2.24. The van der Waals surface area contributed by atoms with Crippen LogP contribution < -0.4 is 0 Å². The van der Waals surface area contributed by atoms with E-state index in [2.05, 4.69) is 4.29 Å². The summed E-state index contributed by atoms with van der Waals surface area (Å²) in [5.41, 5.74) is 0.914. The Labute approximate surface area is 149 Å². The highest BCUT2D eigenvalue weighted by Crippen LogP contribution is 2.39. The summed E-state index contributed by atoms with van der Waals surface area (Å²) in [5.74, 6) is -0.978. The molecule has 0 aliphatic carbocycles. The third kappa shape index (κ3) is 3.89. The number of halogens is 7. The minimum atomic E-state index is -0.978. The van der Waals surface area contributed by atoms with Crippen molar-refractivity contribution in [3.05, 3.63) is 48.4 Å². The maximum atomic E-state index is 11.8. The van der Waals surface area contributed by atoms with Crippen LogP contribution in [0.1, 0.15) is 5.56 Å². The number of hydrogen-bond acceptors (Lipinski definition) is 2. The largest absolute Gasteiger partial charge is 0.358 e. The van der Waals surface area contributed by atoms with Crippen LogP contribution in [-0.4, -0.2) is 5.97 Å². The smallest absolute Gasteiger partial charge is 0.343 e. The summed E-state index contributed by atoms with van der Waals surface area (Å²) in [7, 11) is 0. The molecule has 20 heavy (non-hydrogen) atoms. The maximum absolute atomic E-state index is 11.8. The molecule has 0 radical (unpaired) electrons. The lowest BCUT2D eigenvalue weighted by molar-refractivity contribution is -0.127. The first kappa shape index (κ1) is 18.2. The zero-order chi connectivity index (χ0) is 15.4. The summed E-state index contributed by atoms with van der Waals surface area (Å²) >= 11 is 40.0. The Hall–Kier alpha value is 0.200. The van der Waals surface area contributed by atoms with Crippen LogP contribution in [0.5, 0.6) is 0 Å². The second kappa shape index (κ2) is 8.00. The maximum Gasteiger partial charge on any atom is 0.358 e. The Bertz CT molecular complexity index is 607. The first-order valence-corrected chi connectivity index (χ1v) is 7.31. The Kier molecular flexibility index (Phi) is 7.30. The predicted octanol–water partition coefficient (Wildman–Crippen LogP) is 6.61. The van der Waals surface area contributed by atoms with Gasteiger partial charge in [-0.05, 0) is 6.07 Å². The molecule has 0 bridgehead atoms. The molecule has 0 amide bonds. The van der Waals surface area contributed by atoms with Crippen LogP contribution in [0.25, 0.3) is 5.57 Å². The highest BCUT2D eigenvalue weighted by molar-refractivity contribution is 6.53. The number of carbonyl (C=O) groups excluding carboxylic acids is 1. The van der Waals surface area contributed by atoms with Crippen molar-refractivity contribution < 1.29 is 9.08 Å². The lowest BCUT2D eigenvalue weighted by Gasteiger charge is -2.11. The van der Waals surface area contributed by atoms with Gasteiger partial charge in [-0.2, -0.15) is 0 Å². The fraction of sp³-hybridized carbons (Fsp3) is 0. The van der Waals surface area contributed by atoms with Gasteiger partial charge in [0.2, 0.25) is 0 Å². The van der Waals surface area contributed by atoms with Crippen molar-refractivity contribution in [1.29, 1.82) is 0 Å². The zero-order valence-corrected chi connectivity index (χ0v) is 14.5. The van der Waals surface area contributed by atoms with E-state index in [0.29, 0.717) is 0 Å². The Morgan fingerprint density at radius 3 is 2.20 bits per heavy atom. The Morgan fingerprint density at radius 1 is 1.10 bits per heavy atom. The van der Waals surface area contributed by atoms with E-state index in [4.69, 9.17) is 81.5 Å². The minimum Gasteiger partial charge on any atom is -0.343 e. The van der Waals surface area contributed by atoms with Crippen molar-refractivity contribution in [2.24, 2.45) is 0 Å². The summed E-state index contributed by atoms with van der Waals surface area (Å²) in [6, 6.07) is 2.84. The van der Waals surface area contributed by atoms with Crippen molar-refractivity contribution >= 4 is 93.0 Å². The summed E-state index contributed by atoms with van der Waals surface area (Å²) in [6.45, 7) is 0. The van der Waals surface area contributed by atoms with Crippen LogP contribution in [0, 0.1) is 0 Å². The first-order valence-electron chi connectivity index (χ1n) is 4.68. The van der Waals surface area contributed by atoms with E-state index in [1.165, 1.54) is 12.1 Å². The van der Waals surface area contributed by atoms with Crippen LogP contribution in [0.2, 0.25) is 15.1 Å². The van der Waals surface area contributed by atoms with Gasteiger partial charge in [-0.15, -0.1) is 0 Å². The second-order valence-corrected chi connectivity index (χ2v) is 5.55. The fourth-order valence-corrected chi connectivity index (χ4v) is 2.44. The van der Waals surface area contributed by atoms with Gasteiger partial charge in [0.1, 0.15) is 11.9 Å². The van der Waals surface area contributed by atoms with Crippen molar-refractivity contribution in [2.75, 3.05) is 0 Å². The van der Waals surface area contributed by atoms with Gasteiger partial charge in [0, 0.05) is 11.1 Å². The topological polar surface area (TPSA) is 26.3 Å². The van der Waals surface area contributed by atoms with Crippen LogP contribution in [-0.2, 0) is 9.08 Å². The van der Waals surface area contributed by atoms with Gasteiger partial charge in [0.05, 0.1) is 30.7 Å². The molecule has 1 rings (SSSR count). The number of rotatable bonds is 3. The predicted molar refractivity (Wildman–Crippen MR) is 86.0 cm³/mol. The van der Waals surface area contributed by atoms with Crippen LogP contribution in [0.4, 0.5) is 0 Å². The zero-order valence-electron chi connectivity index (χ0n) is 9.19. The number of hydrogen-bond donors (Lipinski definition) is 0. The van der Waals surface area contributed by atoms with Gasteiger partial charge in [0.25, 0.3) is 0 Å². The molecular weight excluding hydrogens is 412 g/mol. The number of benzene rings is 1. The third-order valence-electron chi connectivity index (χ3n) is 2.10. The van der Waals surface area contributed by atoms with E-state index in [9.17, 15) is 4.79 Å². The van der Waals surface area contributed by atoms with Crippen LogP contribution in [0.15, 0.2) is 27.7 Å². The summed E-state index contributed by atoms with van der Waals surface area (Å²) < 4.78 is 4.13. The molecule has 1 aromatic rings. The monoisotopic (exact) mass is 412 g/mol. The van der Waals surface area contributed by atoms with Gasteiger partial charge in [-0.3, -0.25) is 0 Å². The molecule has 2 nitrogen and oxygen atoms in total. The molecule has 0 saturated carbocycles. The third-order valence-corrected chi connectivity index (χ3v) is 4.65. The average Bonchev–Trinajstić information content (AvgIpc) is 2.45. The molecule has 0 aliphatic heterocycles. The van der Waals surface area contributed by atoms with Crippen LogP contribution >= 0.6 is 81.5 Å². The molecule has 0 unspecified atom stereocenters. The van der Waals surface area contributed by atoms with E-state index in [-0.39, 0.29) is 36.3 Å². The molecule has 0 aromatic heterocycles. The SMILES string of the molecule is O=C(OCl)C(=C(Cl)C(Cl)=CCl)c1ccc(Cl)c(Cl)c1Cl. The molecule has 0 aliphatic rings. The lowest BCUT2D eigenvalue weighted by Crippen LogP contribution is -2.04. The molecule has 0 spiro atoms. The fourth-order valence-electron chi connectivity index (χ4n) is 1.24. The van der Waals surface area contributed by atoms with E-state index in [1.54, 1.807) is 0 Å². The van der Waals surface area contributed by atoms with Crippen molar-refractivity contribution in [2.45, 2.75) is 0 Å². The van der Waals surface area contributed by atoms with E-state index in [1.807, 2.05) is 0 Å². The van der Waals surface area contributed by atoms with E-state index < -0.39 is 5.97 Å². The second-order valence-electron chi connectivity index (χ2n) is 3.23. The molecule has 9 heteroatoms. The molecule has 108 valence electrons. The van der Waals surface area contributed by atoms with Gasteiger partial charge in [0.15, 0.2) is 0 Å². The average molecular weight is 415 g/mol. The molecular formula is C11H3Cl7O2. The van der Waals surface area contributed by atoms with Crippen molar-refractivity contribution in [3.8, 4) is 0 Å². The van der Waals surface area contributed by atoms with Crippen LogP contribution in [0.3, 0.4) is 0 Å². The van der Waals surface area contributed by atoms with E-state index >= 15 is 0 Å². The number of allylic oxidation sites excluding steroid dienone is 2. The standard InChI is InChI=1S/C11H3Cl7O2/c12-3-6(14)9(16)7(11(19)20-18)4-1-2-5(13)10(17)8(4)15/h1-3H. The molecule has 0 fully saturated rings. The van der Waals surface area contributed by atoms with Gasteiger partial charge in [-0.1, -0.05) is 75.7 Å². The molecule has 1 aromatic carbocycles. The summed E-state index contributed by atoms with van der Waals surface area (Å²) in [5, 5.41) is -0.0659. The minimum absolute atomic E-state index is 0.00609. The highest BCUT2D eigenvalue weighted by atomic mass is 35.5. The normalized spacial score (nSPS) is 13.1. The lowest BCUT2D eigenvalue weighted by atomic mass is 10.1. The molecule has 0 saturated heterocycles. The Morgan fingerprint density at radius 2 is 1.70 bits per heavy atom. The first-order chi connectivity index (χ1) is 9.34. The van der Waals surface area contributed by atoms with Crippen molar-refractivity contribution in [3.63, 3.8) is 0 Å². The summed E-state index contributed by atoms with van der Waals surface area (Å²) in [4.78, 5) is 11.8. The number of carbonyl (C=O) groups is 1. The van der Waals surface area contributed by atoms with Gasteiger partial charge >= 0.3 is 5.97 Å².